The van der Waals surface area contributed by atoms with Crippen molar-refractivity contribution in [2.75, 3.05) is 5.43 Å². The molecule has 0 aliphatic carbocycles. The van der Waals surface area contributed by atoms with E-state index in [4.69, 9.17) is 4.42 Å². The zero-order chi connectivity index (χ0) is 20.5. The van der Waals surface area contributed by atoms with E-state index < -0.39 is 4.92 Å². The van der Waals surface area contributed by atoms with E-state index in [0.29, 0.717) is 28.2 Å². The van der Waals surface area contributed by atoms with Crippen LogP contribution in [-0.2, 0) is 0 Å². The molecule has 0 radical (unpaired) electrons. The van der Waals surface area contributed by atoms with Crippen LogP contribution in [0, 0.1) is 10.1 Å². The molecule has 146 valence electrons. The van der Waals surface area contributed by atoms with Crippen LogP contribution in [0.2, 0.25) is 0 Å². The quantitative estimate of drug-likeness (QED) is 0.258. The van der Waals surface area contributed by atoms with Gasteiger partial charge in [-0.3, -0.25) is 10.1 Å². The summed E-state index contributed by atoms with van der Waals surface area (Å²) in [6.07, 6.45) is 1.46. The molecule has 10 nitrogen and oxygen atoms in total. The highest BCUT2D eigenvalue weighted by molar-refractivity contribution is 6.03. The van der Waals surface area contributed by atoms with Crippen molar-refractivity contribution in [2.24, 2.45) is 5.10 Å². The number of furan rings is 1. The number of hydrazone groups is 1. The zero-order valence-electron chi connectivity index (χ0n) is 15.3. The van der Waals surface area contributed by atoms with Crippen molar-refractivity contribution in [3.63, 3.8) is 0 Å². The van der Waals surface area contributed by atoms with Gasteiger partial charge in [0.25, 0.3) is 11.6 Å². The number of rotatable bonds is 5. The van der Waals surface area contributed by atoms with Crippen LogP contribution in [0.4, 0.5) is 11.6 Å². The van der Waals surface area contributed by atoms with Crippen molar-refractivity contribution in [3.8, 4) is 11.3 Å². The minimum Gasteiger partial charge on any atom is -0.455 e. The van der Waals surface area contributed by atoms with Crippen molar-refractivity contribution in [1.29, 1.82) is 0 Å². The smallest absolute Gasteiger partial charge is 0.270 e. The first-order valence-corrected chi connectivity index (χ1v) is 8.92. The Balaban J connectivity index is 1.33. The summed E-state index contributed by atoms with van der Waals surface area (Å²) in [5.41, 5.74) is 5.55. The van der Waals surface area contributed by atoms with Crippen molar-refractivity contribution in [1.82, 2.24) is 20.2 Å². The van der Waals surface area contributed by atoms with Crippen LogP contribution in [0.5, 0.6) is 0 Å². The van der Waals surface area contributed by atoms with Gasteiger partial charge in [-0.25, -0.2) is 5.43 Å². The Labute approximate surface area is 168 Å². The summed E-state index contributed by atoms with van der Waals surface area (Å²) < 4.78 is 5.68. The molecule has 0 aliphatic rings. The number of H-pyrrole nitrogens is 1. The molecule has 30 heavy (non-hydrogen) atoms. The van der Waals surface area contributed by atoms with Crippen LogP contribution in [0.25, 0.3) is 33.4 Å². The van der Waals surface area contributed by atoms with Crippen molar-refractivity contribution in [2.45, 2.75) is 0 Å². The first kappa shape index (κ1) is 17.5. The number of anilines is 1. The second-order valence-electron chi connectivity index (χ2n) is 6.38. The van der Waals surface area contributed by atoms with Gasteiger partial charge in [0, 0.05) is 28.6 Å². The fourth-order valence-corrected chi connectivity index (χ4v) is 3.07. The molecule has 10 heteroatoms. The third kappa shape index (κ3) is 3.22. The van der Waals surface area contributed by atoms with Crippen LogP contribution in [0.15, 0.2) is 70.2 Å². The number of aromatic amines is 1. The predicted molar refractivity (Wildman–Crippen MR) is 111 cm³/mol. The third-order valence-electron chi connectivity index (χ3n) is 4.45. The topological polar surface area (TPSA) is 135 Å². The standard InChI is InChI=1S/C20H13N7O3/c28-27(29)13-5-3-4-12(10-13)17-9-8-14(30-17)11-21-25-20-23-19-18(24-26-20)15-6-1-2-7-16(15)22-19/h1-11H,(H2,22,23,25,26). The van der Waals surface area contributed by atoms with Crippen LogP contribution >= 0.6 is 0 Å². The number of non-ortho nitro benzene ring substituents is 1. The maximum absolute atomic E-state index is 10.9. The number of hydrogen-bond donors (Lipinski definition) is 2. The molecule has 0 saturated heterocycles. The van der Waals surface area contributed by atoms with Gasteiger partial charge in [0.05, 0.1) is 11.1 Å². The highest BCUT2D eigenvalue weighted by Gasteiger charge is 2.10. The number of fused-ring (bicyclic) bond motifs is 3. The largest absolute Gasteiger partial charge is 0.455 e. The number of hydrogen-bond acceptors (Lipinski definition) is 8. The molecule has 0 unspecified atom stereocenters. The summed E-state index contributed by atoms with van der Waals surface area (Å²) in [5.74, 6) is 1.19. The summed E-state index contributed by atoms with van der Waals surface area (Å²) in [7, 11) is 0. The van der Waals surface area contributed by atoms with E-state index in [1.165, 1.54) is 18.3 Å². The van der Waals surface area contributed by atoms with E-state index >= 15 is 0 Å². The molecule has 2 aromatic carbocycles. The molecule has 3 heterocycles. The molecule has 0 saturated carbocycles. The zero-order valence-corrected chi connectivity index (χ0v) is 15.3. The van der Waals surface area contributed by atoms with Crippen LogP contribution in [0.3, 0.4) is 0 Å². The molecule has 2 N–H and O–H groups in total. The van der Waals surface area contributed by atoms with E-state index in [1.807, 2.05) is 24.3 Å². The summed E-state index contributed by atoms with van der Waals surface area (Å²) in [5, 5.41) is 24.2. The number of nitro benzene ring substituents is 1. The van der Waals surface area contributed by atoms with E-state index in [9.17, 15) is 10.1 Å². The first-order valence-electron chi connectivity index (χ1n) is 8.92. The van der Waals surface area contributed by atoms with Gasteiger partial charge in [0.2, 0.25) is 0 Å². The van der Waals surface area contributed by atoms with Gasteiger partial charge in [-0.15, -0.1) is 10.2 Å². The minimum atomic E-state index is -0.448. The van der Waals surface area contributed by atoms with Gasteiger partial charge in [-0.2, -0.15) is 10.1 Å². The van der Waals surface area contributed by atoms with Crippen molar-refractivity contribution in [3.05, 3.63) is 76.5 Å². The Hall–Kier alpha value is -4.60. The summed E-state index contributed by atoms with van der Waals surface area (Å²) in [6.45, 7) is 0. The van der Waals surface area contributed by atoms with E-state index in [-0.39, 0.29) is 11.6 Å². The van der Waals surface area contributed by atoms with Crippen molar-refractivity contribution >= 4 is 39.9 Å². The lowest BCUT2D eigenvalue weighted by Gasteiger charge is -1.97. The number of benzene rings is 2. The normalized spacial score (nSPS) is 11.5. The molecule has 0 atom stereocenters. The van der Waals surface area contributed by atoms with E-state index in [2.05, 4.69) is 30.7 Å². The fourth-order valence-electron chi connectivity index (χ4n) is 3.07. The Morgan fingerprint density at radius 3 is 2.90 bits per heavy atom. The number of nitrogens with one attached hydrogen (secondary N) is 2. The second-order valence-corrected chi connectivity index (χ2v) is 6.38. The molecule has 3 aromatic heterocycles. The Kier molecular flexibility index (Phi) is 4.14. The highest BCUT2D eigenvalue weighted by Crippen LogP contribution is 2.25. The minimum absolute atomic E-state index is 0.00203. The number of nitrogens with zero attached hydrogens (tertiary/aromatic N) is 5. The maximum Gasteiger partial charge on any atom is 0.270 e. The molecular formula is C20H13N7O3. The van der Waals surface area contributed by atoms with Crippen LogP contribution < -0.4 is 5.43 Å². The highest BCUT2D eigenvalue weighted by atomic mass is 16.6. The molecule has 5 rings (SSSR count). The Morgan fingerprint density at radius 2 is 2.00 bits per heavy atom. The lowest BCUT2D eigenvalue weighted by Crippen LogP contribution is -1.98. The summed E-state index contributed by atoms with van der Waals surface area (Å²) >= 11 is 0. The first-order chi connectivity index (χ1) is 14.7. The lowest BCUT2D eigenvalue weighted by atomic mass is 10.1. The van der Waals surface area contributed by atoms with Gasteiger partial charge < -0.3 is 9.40 Å². The molecular weight excluding hydrogens is 386 g/mol. The van der Waals surface area contributed by atoms with E-state index in [1.54, 1.807) is 24.3 Å². The van der Waals surface area contributed by atoms with E-state index in [0.717, 1.165) is 10.9 Å². The average Bonchev–Trinajstić information content (AvgIpc) is 3.38. The molecule has 5 aromatic rings. The molecule has 0 fully saturated rings. The van der Waals surface area contributed by atoms with Gasteiger partial charge in [0.15, 0.2) is 5.65 Å². The van der Waals surface area contributed by atoms with Gasteiger partial charge >= 0.3 is 0 Å². The molecule has 0 bridgehead atoms. The molecule has 0 amide bonds. The number of aromatic nitrogens is 4. The van der Waals surface area contributed by atoms with Crippen LogP contribution in [-0.4, -0.2) is 31.3 Å². The predicted octanol–water partition coefficient (Wildman–Crippen LogP) is 4.12. The van der Waals surface area contributed by atoms with Gasteiger partial charge in [0.1, 0.15) is 17.0 Å². The van der Waals surface area contributed by atoms with Gasteiger partial charge in [-0.1, -0.05) is 30.3 Å². The lowest BCUT2D eigenvalue weighted by molar-refractivity contribution is -0.384. The van der Waals surface area contributed by atoms with Crippen molar-refractivity contribution < 1.29 is 9.34 Å². The Morgan fingerprint density at radius 1 is 1.10 bits per heavy atom. The fraction of sp³-hybridized carbons (Fsp3) is 0. The number of para-hydroxylation sites is 1. The second kappa shape index (κ2) is 7.09. The van der Waals surface area contributed by atoms with Gasteiger partial charge in [-0.05, 0) is 18.2 Å². The number of nitro groups is 1. The summed E-state index contributed by atoms with van der Waals surface area (Å²) in [4.78, 5) is 18.0. The Bertz CT molecular complexity index is 1420. The SMILES string of the molecule is O=[N+]([O-])c1cccc(-c2ccc(C=NNc3nnc4c(n3)[nH]c3ccccc34)o2)c1. The molecule has 0 spiro atoms. The van der Waals surface area contributed by atoms with Crippen LogP contribution in [0.1, 0.15) is 5.76 Å². The summed E-state index contributed by atoms with van der Waals surface area (Å²) in [6, 6.07) is 17.4. The third-order valence-corrected chi connectivity index (χ3v) is 4.45. The molecule has 0 aliphatic heterocycles. The maximum atomic E-state index is 10.9. The monoisotopic (exact) mass is 399 g/mol. The average molecular weight is 399 g/mol.